The number of pyridine rings is 1. The molecule has 2 aliphatic rings. The third-order valence-electron chi connectivity index (χ3n) is 4.54. The molecule has 3 rings (SSSR count). The Balaban J connectivity index is 1.94. The van der Waals surface area contributed by atoms with Gasteiger partial charge < -0.3 is 4.90 Å². The van der Waals surface area contributed by atoms with Crippen LogP contribution < -0.4 is 0 Å². The van der Waals surface area contributed by atoms with Gasteiger partial charge in [0.2, 0.25) is 0 Å². The predicted molar refractivity (Wildman–Crippen MR) is 65.3 cm³/mol. The van der Waals surface area contributed by atoms with Crippen LogP contribution in [0.15, 0.2) is 24.5 Å². The lowest BCUT2D eigenvalue weighted by Crippen LogP contribution is -2.38. The maximum absolute atomic E-state index is 4.29. The molecule has 2 bridgehead atoms. The van der Waals surface area contributed by atoms with Crippen LogP contribution in [0.3, 0.4) is 0 Å². The molecule has 0 spiro atoms. The fourth-order valence-corrected chi connectivity index (χ4v) is 4.05. The summed E-state index contributed by atoms with van der Waals surface area (Å²) in [5, 5.41) is 0. The molecule has 2 saturated carbocycles. The molecule has 1 aromatic heterocycles. The summed E-state index contributed by atoms with van der Waals surface area (Å²) >= 11 is 0. The van der Waals surface area contributed by atoms with Crippen LogP contribution >= 0.6 is 0 Å². The van der Waals surface area contributed by atoms with E-state index in [2.05, 4.69) is 42.3 Å². The normalized spacial score (nSPS) is 37.2. The van der Waals surface area contributed by atoms with Gasteiger partial charge in [0.15, 0.2) is 0 Å². The first kappa shape index (κ1) is 10.3. The van der Waals surface area contributed by atoms with Gasteiger partial charge >= 0.3 is 0 Å². The van der Waals surface area contributed by atoms with Crippen LogP contribution in [0.2, 0.25) is 0 Å². The van der Waals surface area contributed by atoms with E-state index in [1.165, 1.54) is 24.8 Å². The van der Waals surface area contributed by atoms with E-state index in [-0.39, 0.29) is 0 Å². The van der Waals surface area contributed by atoms with Crippen LogP contribution in [0, 0.1) is 11.8 Å². The summed E-state index contributed by atoms with van der Waals surface area (Å²) in [4.78, 5) is 6.72. The standard InChI is InChI=1S/C14H20N2/c1-16(2)14-11-6-5-10(8-11)13(14)12-4-3-7-15-9-12/h3-4,7,9-11,13-14H,5-6,8H2,1-2H3/t10-,11+,13+,14-/m1/s1. The Morgan fingerprint density at radius 3 is 2.75 bits per heavy atom. The maximum Gasteiger partial charge on any atom is 0.0303 e. The molecule has 2 fully saturated rings. The van der Waals surface area contributed by atoms with Crippen molar-refractivity contribution in [1.29, 1.82) is 0 Å². The highest BCUT2D eigenvalue weighted by Gasteiger charge is 2.48. The molecule has 0 aliphatic heterocycles. The lowest BCUT2D eigenvalue weighted by atomic mass is 9.80. The van der Waals surface area contributed by atoms with Gasteiger partial charge in [-0.3, -0.25) is 4.98 Å². The summed E-state index contributed by atoms with van der Waals surface area (Å²) in [6, 6.07) is 5.08. The molecule has 0 unspecified atom stereocenters. The number of hydrogen-bond donors (Lipinski definition) is 0. The monoisotopic (exact) mass is 216 g/mol. The minimum Gasteiger partial charge on any atom is -0.306 e. The van der Waals surface area contributed by atoms with Gasteiger partial charge in [0.1, 0.15) is 0 Å². The van der Waals surface area contributed by atoms with Crippen LogP contribution in [0.4, 0.5) is 0 Å². The van der Waals surface area contributed by atoms with Gasteiger partial charge in [-0.15, -0.1) is 0 Å². The van der Waals surface area contributed by atoms with Crippen molar-refractivity contribution in [2.24, 2.45) is 11.8 Å². The SMILES string of the molecule is CN(C)[C@@H]1[C@H]2CC[C@H](C2)[C@H]1c1cccnc1. The summed E-state index contributed by atoms with van der Waals surface area (Å²) in [7, 11) is 4.46. The predicted octanol–water partition coefficient (Wildman–Crippen LogP) is 2.53. The molecule has 2 heteroatoms. The average Bonchev–Trinajstić information content (AvgIpc) is 2.89. The minimum absolute atomic E-state index is 0.724. The molecule has 16 heavy (non-hydrogen) atoms. The topological polar surface area (TPSA) is 16.1 Å². The molecule has 1 aromatic rings. The molecule has 1 heterocycles. The fraction of sp³-hybridized carbons (Fsp3) is 0.643. The molecule has 4 atom stereocenters. The van der Waals surface area contributed by atoms with E-state index in [9.17, 15) is 0 Å². The van der Waals surface area contributed by atoms with E-state index in [1.54, 1.807) is 0 Å². The van der Waals surface area contributed by atoms with Gasteiger partial charge in [0.05, 0.1) is 0 Å². The Hall–Kier alpha value is -0.890. The highest BCUT2D eigenvalue weighted by Crippen LogP contribution is 2.54. The minimum atomic E-state index is 0.724. The average molecular weight is 216 g/mol. The molecule has 0 aromatic carbocycles. The second kappa shape index (κ2) is 3.85. The summed E-state index contributed by atoms with van der Waals surface area (Å²) in [5.74, 6) is 2.55. The first-order valence-electron chi connectivity index (χ1n) is 6.33. The summed E-state index contributed by atoms with van der Waals surface area (Å²) in [6.45, 7) is 0. The number of aromatic nitrogens is 1. The second-order valence-corrected chi connectivity index (χ2v) is 5.60. The van der Waals surface area contributed by atoms with Crippen LogP contribution in [-0.4, -0.2) is 30.0 Å². The maximum atomic E-state index is 4.29. The zero-order chi connectivity index (χ0) is 11.1. The number of rotatable bonds is 2. The zero-order valence-corrected chi connectivity index (χ0v) is 10.1. The van der Waals surface area contributed by atoms with Crippen LogP contribution in [-0.2, 0) is 0 Å². The summed E-state index contributed by atoms with van der Waals surface area (Å²) < 4.78 is 0. The van der Waals surface area contributed by atoms with E-state index in [4.69, 9.17) is 0 Å². The first-order chi connectivity index (χ1) is 7.77. The second-order valence-electron chi connectivity index (χ2n) is 5.60. The van der Waals surface area contributed by atoms with Crippen molar-refractivity contribution < 1.29 is 0 Å². The van der Waals surface area contributed by atoms with Crippen molar-refractivity contribution in [2.75, 3.05) is 14.1 Å². The van der Waals surface area contributed by atoms with Gasteiger partial charge in [0.25, 0.3) is 0 Å². The molecule has 0 saturated heterocycles. The Labute approximate surface area is 97.7 Å². The molecule has 2 nitrogen and oxygen atoms in total. The molecular weight excluding hydrogens is 196 g/mol. The van der Waals surface area contributed by atoms with E-state index in [0.29, 0.717) is 0 Å². The number of nitrogens with zero attached hydrogens (tertiary/aromatic N) is 2. The molecule has 0 amide bonds. The quantitative estimate of drug-likeness (QED) is 0.755. The van der Waals surface area contributed by atoms with Gasteiger partial charge in [-0.2, -0.15) is 0 Å². The van der Waals surface area contributed by atoms with Crippen molar-refractivity contribution in [2.45, 2.75) is 31.2 Å². The third-order valence-corrected chi connectivity index (χ3v) is 4.54. The van der Waals surface area contributed by atoms with Crippen LogP contribution in [0.25, 0.3) is 0 Å². The molecule has 0 N–H and O–H groups in total. The lowest BCUT2D eigenvalue weighted by molar-refractivity contribution is 0.185. The van der Waals surface area contributed by atoms with Gasteiger partial charge in [-0.25, -0.2) is 0 Å². The first-order valence-corrected chi connectivity index (χ1v) is 6.33. The van der Waals surface area contributed by atoms with Gasteiger partial charge in [-0.1, -0.05) is 6.07 Å². The highest BCUT2D eigenvalue weighted by molar-refractivity contribution is 5.23. The number of likely N-dealkylation sites (N-methyl/N-ethyl adjacent to an activating group) is 1. The fourth-order valence-electron chi connectivity index (χ4n) is 4.05. The van der Waals surface area contributed by atoms with E-state index < -0.39 is 0 Å². The van der Waals surface area contributed by atoms with E-state index >= 15 is 0 Å². The highest BCUT2D eigenvalue weighted by atomic mass is 15.1. The Morgan fingerprint density at radius 1 is 1.25 bits per heavy atom. The van der Waals surface area contributed by atoms with Crippen molar-refractivity contribution in [3.8, 4) is 0 Å². The molecule has 0 radical (unpaired) electrons. The van der Waals surface area contributed by atoms with E-state index in [0.717, 1.165) is 23.8 Å². The third kappa shape index (κ3) is 1.47. The summed E-state index contributed by atoms with van der Waals surface area (Å²) in [5.41, 5.74) is 1.45. The van der Waals surface area contributed by atoms with E-state index in [1.807, 2.05) is 6.20 Å². The lowest BCUT2D eigenvalue weighted by Gasteiger charge is -2.36. The van der Waals surface area contributed by atoms with Gasteiger partial charge in [0, 0.05) is 24.4 Å². The largest absolute Gasteiger partial charge is 0.306 e. The smallest absolute Gasteiger partial charge is 0.0303 e. The Bertz CT molecular complexity index is 360. The van der Waals surface area contributed by atoms with Crippen molar-refractivity contribution in [3.63, 3.8) is 0 Å². The van der Waals surface area contributed by atoms with Crippen molar-refractivity contribution in [1.82, 2.24) is 9.88 Å². The Morgan fingerprint density at radius 2 is 2.06 bits per heavy atom. The van der Waals surface area contributed by atoms with Crippen molar-refractivity contribution >= 4 is 0 Å². The zero-order valence-electron chi connectivity index (χ0n) is 10.1. The molecule has 2 aliphatic carbocycles. The number of fused-ring (bicyclic) bond motifs is 2. The summed E-state index contributed by atoms with van der Waals surface area (Å²) in [6.07, 6.45) is 8.24. The molecular formula is C14H20N2. The van der Waals surface area contributed by atoms with Crippen molar-refractivity contribution in [3.05, 3.63) is 30.1 Å². The van der Waals surface area contributed by atoms with Gasteiger partial charge in [-0.05, 0) is 56.8 Å². The van der Waals surface area contributed by atoms with Crippen LogP contribution in [0.5, 0.6) is 0 Å². The van der Waals surface area contributed by atoms with Crippen LogP contribution in [0.1, 0.15) is 30.7 Å². The number of hydrogen-bond acceptors (Lipinski definition) is 2. The molecule has 86 valence electrons. The Kier molecular flexibility index (Phi) is 2.47.